The lowest BCUT2D eigenvalue weighted by atomic mass is 10.2. The van der Waals surface area contributed by atoms with Crippen LogP contribution in [-0.4, -0.2) is 42.6 Å². The van der Waals surface area contributed by atoms with E-state index < -0.39 is 15.9 Å². The summed E-state index contributed by atoms with van der Waals surface area (Å²) in [5.41, 5.74) is 3.44. The Morgan fingerprint density at radius 3 is 2.12 bits per heavy atom. The molecule has 140 valence electrons. The Morgan fingerprint density at radius 2 is 1.58 bits per heavy atom. The van der Waals surface area contributed by atoms with E-state index in [1.807, 2.05) is 19.0 Å². The number of nitrogens with zero attached hydrogens (tertiary/aromatic N) is 1. The van der Waals surface area contributed by atoms with E-state index in [9.17, 15) is 13.2 Å². The molecule has 0 saturated carbocycles. The number of hydrazine groups is 1. The van der Waals surface area contributed by atoms with Gasteiger partial charge in [0.25, 0.3) is 15.9 Å². The van der Waals surface area contributed by atoms with Crippen LogP contribution in [0.2, 0.25) is 0 Å². The van der Waals surface area contributed by atoms with E-state index in [-0.39, 0.29) is 10.6 Å². The van der Waals surface area contributed by atoms with Crippen LogP contribution in [0.15, 0.2) is 47.4 Å². The van der Waals surface area contributed by atoms with Gasteiger partial charge in [0.15, 0.2) is 11.5 Å². The summed E-state index contributed by atoms with van der Waals surface area (Å²) in [4.78, 5) is 16.0. The van der Waals surface area contributed by atoms with Gasteiger partial charge in [-0.2, -0.15) is 0 Å². The Bertz CT molecular complexity index is 880. The fraction of sp³-hybridized carbons (Fsp3) is 0.235. The number of benzene rings is 2. The van der Waals surface area contributed by atoms with Crippen LogP contribution in [0.4, 0.5) is 5.69 Å². The van der Waals surface area contributed by atoms with Crippen LogP contribution in [0.5, 0.6) is 11.5 Å². The molecule has 9 heteroatoms. The van der Waals surface area contributed by atoms with E-state index in [0.29, 0.717) is 11.3 Å². The molecule has 2 rings (SSSR count). The molecular formula is C17H21N3O5S. The number of methoxy groups -OCH3 is 2. The molecule has 26 heavy (non-hydrogen) atoms. The molecule has 0 heterocycles. The summed E-state index contributed by atoms with van der Waals surface area (Å²) in [5.74, 6) is 0.0943. The molecule has 0 aromatic heterocycles. The van der Waals surface area contributed by atoms with Crippen LogP contribution in [0.3, 0.4) is 0 Å². The maximum absolute atomic E-state index is 12.4. The number of amides is 1. The van der Waals surface area contributed by atoms with E-state index in [1.54, 1.807) is 24.3 Å². The Hall–Kier alpha value is -2.78. The van der Waals surface area contributed by atoms with Crippen molar-refractivity contribution in [2.75, 3.05) is 33.2 Å². The van der Waals surface area contributed by atoms with Crippen LogP contribution >= 0.6 is 0 Å². The zero-order chi connectivity index (χ0) is 19.3. The third-order valence-corrected chi connectivity index (χ3v) is 4.86. The number of hydrogen-bond acceptors (Lipinski definition) is 6. The molecular weight excluding hydrogens is 358 g/mol. The summed E-state index contributed by atoms with van der Waals surface area (Å²) in [5, 5.41) is 0. The molecule has 8 nitrogen and oxygen atoms in total. The number of hydrogen-bond donors (Lipinski definition) is 2. The second kappa shape index (κ2) is 8.07. The largest absolute Gasteiger partial charge is 0.493 e. The summed E-state index contributed by atoms with van der Waals surface area (Å²) in [6.07, 6.45) is 0. The molecule has 1 amide bonds. The standard InChI is InChI=1S/C17H21N3O5S/c1-20(2)13-7-5-12(6-8-13)17(21)18-19-26(22,23)14-9-10-15(24-3)16(11-14)25-4/h5-11,19H,1-4H3,(H,18,21). The zero-order valence-electron chi connectivity index (χ0n) is 14.9. The minimum Gasteiger partial charge on any atom is -0.493 e. The molecule has 0 fully saturated rings. The Balaban J connectivity index is 2.11. The second-order valence-corrected chi connectivity index (χ2v) is 7.20. The molecule has 0 radical (unpaired) electrons. The van der Waals surface area contributed by atoms with E-state index in [2.05, 4.69) is 10.3 Å². The Morgan fingerprint density at radius 1 is 0.962 bits per heavy atom. The minimum atomic E-state index is -3.97. The molecule has 2 N–H and O–H groups in total. The molecule has 0 saturated heterocycles. The van der Waals surface area contributed by atoms with Crippen molar-refractivity contribution in [3.63, 3.8) is 0 Å². The van der Waals surface area contributed by atoms with Crippen molar-refractivity contribution in [3.05, 3.63) is 48.0 Å². The van der Waals surface area contributed by atoms with Crippen LogP contribution in [0.25, 0.3) is 0 Å². The van der Waals surface area contributed by atoms with Crippen molar-refractivity contribution in [2.45, 2.75) is 4.90 Å². The van der Waals surface area contributed by atoms with Crippen LogP contribution in [0.1, 0.15) is 10.4 Å². The van der Waals surface area contributed by atoms with Crippen LogP contribution in [0, 0.1) is 0 Å². The van der Waals surface area contributed by atoms with Gasteiger partial charge in [-0.1, -0.05) is 0 Å². The number of carbonyl (C=O) groups is 1. The first kappa shape index (κ1) is 19.5. The molecule has 0 unspecified atom stereocenters. The van der Waals surface area contributed by atoms with Crippen molar-refractivity contribution in [1.82, 2.24) is 10.3 Å². The summed E-state index contributed by atoms with van der Waals surface area (Å²) in [6.45, 7) is 0. The number of carbonyl (C=O) groups excluding carboxylic acids is 1. The summed E-state index contributed by atoms with van der Waals surface area (Å²) >= 11 is 0. The van der Waals surface area contributed by atoms with Crippen LogP contribution in [-0.2, 0) is 10.0 Å². The monoisotopic (exact) mass is 379 g/mol. The third kappa shape index (κ3) is 4.44. The smallest absolute Gasteiger partial charge is 0.266 e. The molecule has 0 aliphatic heterocycles. The van der Waals surface area contributed by atoms with Crippen LogP contribution < -0.4 is 24.6 Å². The molecule has 0 atom stereocenters. The number of anilines is 1. The molecule has 0 aliphatic rings. The highest BCUT2D eigenvalue weighted by atomic mass is 32.2. The third-order valence-electron chi connectivity index (χ3n) is 3.61. The first-order valence-electron chi connectivity index (χ1n) is 7.60. The predicted molar refractivity (Wildman–Crippen MR) is 98.1 cm³/mol. The van der Waals surface area contributed by atoms with Crippen molar-refractivity contribution in [2.24, 2.45) is 0 Å². The molecule has 2 aromatic rings. The summed E-state index contributed by atoms with van der Waals surface area (Å²) in [7, 11) is 2.65. The van der Waals surface area contributed by atoms with Gasteiger partial charge in [0.2, 0.25) is 0 Å². The van der Waals surface area contributed by atoms with Gasteiger partial charge >= 0.3 is 0 Å². The first-order valence-corrected chi connectivity index (χ1v) is 9.08. The lowest BCUT2D eigenvalue weighted by Gasteiger charge is -2.13. The highest BCUT2D eigenvalue weighted by Gasteiger charge is 2.18. The number of rotatable bonds is 7. The van der Waals surface area contributed by atoms with Gasteiger partial charge in [0.05, 0.1) is 19.1 Å². The molecule has 2 aromatic carbocycles. The predicted octanol–water partition coefficient (Wildman–Crippen LogP) is 1.39. The van der Waals surface area contributed by atoms with Crippen molar-refractivity contribution in [1.29, 1.82) is 0 Å². The minimum absolute atomic E-state index is 0.0709. The van der Waals surface area contributed by atoms with E-state index in [4.69, 9.17) is 9.47 Å². The normalized spacial score (nSPS) is 10.9. The summed E-state index contributed by atoms with van der Waals surface area (Å²) in [6, 6.07) is 10.9. The highest BCUT2D eigenvalue weighted by molar-refractivity contribution is 7.89. The maximum Gasteiger partial charge on any atom is 0.266 e. The van der Waals surface area contributed by atoms with E-state index in [0.717, 1.165) is 5.69 Å². The van der Waals surface area contributed by atoms with Gasteiger partial charge in [-0.25, -0.2) is 8.42 Å². The summed E-state index contributed by atoms with van der Waals surface area (Å²) < 4.78 is 34.9. The Labute approximate surface area is 152 Å². The fourth-order valence-electron chi connectivity index (χ4n) is 2.14. The lowest BCUT2D eigenvalue weighted by Crippen LogP contribution is -2.41. The van der Waals surface area contributed by atoms with Crippen molar-refractivity contribution < 1.29 is 22.7 Å². The molecule has 0 spiro atoms. The topological polar surface area (TPSA) is 97.0 Å². The van der Waals surface area contributed by atoms with Gasteiger partial charge < -0.3 is 14.4 Å². The van der Waals surface area contributed by atoms with Gasteiger partial charge in [-0.05, 0) is 36.4 Å². The SMILES string of the molecule is COc1ccc(S(=O)(=O)NNC(=O)c2ccc(N(C)C)cc2)cc1OC. The van der Waals surface area contributed by atoms with Gasteiger partial charge in [0, 0.05) is 31.4 Å². The van der Waals surface area contributed by atoms with E-state index >= 15 is 0 Å². The Kier molecular flexibility index (Phi) is 6.06. The number of sulfonamides is 1. The van der Waals surface area contributed by atoms with Crippen molar-refractivity contribution >= 4 is 21.6 Å². The lowest BCUT2D eigenvalue weighted by molar-refractivity contribution is 0.0945. The highest BCUT2D eigenvalue weighted by Crippen LogP contribution is 2.29. The van der Waals surface area contributed by atoms with Gasteiger partial charge in [0.1, 0.15) is 0 Å². The van der Waals surface area contributed by atoms with Gasteiger partial charge in [-0.15, -0.1) is 4.83 Å². The van der Waals surface area contributed by atoms with E-state index in [1.165, 1.54) is 32.4 Å². The number of nitrogens with one attached hydrogen (secondary N) is 2. The first-order chi connectivity index (χ1) is 12.3. The average molecular weight is 379 g/mol. The molecule has 0 bridgehead atoms. The average Bonchev–Trinajstić information content (AvgIpc) is 2.65. The molecule has 0 aliphatic carbocycles. The van der Waals surface area contributed by atoms with Gasteiger partial charge in [-0.3, -0.25) is 10.2 Å². The second-order valence-electron chi connectivity index (χ2n) is 5.52. The number of ether oxygens (including phenoxy) is 2. The quantitative estimate of drug-likeness (QED) is 0.706. The van der Waals surface area contributed by atoms with Crippen molar-refractivity contribution in [3.8, 4) is 11.5 Å². The maximum atomic E-state index is 12.4. The fourth-order valence-corrected chi connectivity index (χ4v) is 2.99. The zero-order valence-corrected chi connectivity index (χ0v) is 15.8.